The molecule has 0 fully saturated rings. The molecule has 4 rings (SSSR count). The summed E-state index contributed by atoms with van der Waals surface area (Å²) in [6.45, 7) is 1.90. The lowest BCUT2D eigenvalue weighted by atomic mass is 10.0. The van der Waals surface area contributed by atoms with E-state index < -0.39 is 5.91 Å². The summed E-state index contributed by atoms with van der Waals surface area (Å²) in [5, 5.41) is 24.3. The zero-order valence-corrected chi connectivity index (χ0v) is 17.9. The Morgan fingerprint density at radius 3 is 2.42 bits per heavy atom. The first-order chi connectivity index (χ1) is 14.9. The van der Waals surface area contributed by atoms with Gasteiger partial charge in [0.2, 0.25) is 0 Å². The third-order valence-corrected chi connectivity index (χ3v) is 5.54. The summed E-state index contributed by atoms with van der Waals surface area (Å²) in [5.41, 5.74) is 2.34. The number of aromatic hydroxyl groups is 1. The first kappa shape index (κ1) is 20.8. The second kappa shape index (κ2) is 8.76. The van der Waals surface area contributed by atoms with Crippen molar-refractivity contribution in [2.75, 3.05) is 5.32 Å². The summed E-state index contributed by atoms with van der Waals surface area (Å²) in [4.78, 5) is 13.0. The molecule has 4 aromatic carbocycles. The average Bonchev–Trinajstić information content (AvgIpc) is 2.76. The third kappa shape index (κ3) is 4.38. The molecular formula is C24H17Cl2N3O2. The van der Waals surface area contributed by atoms with Crippen molar-refractivity contribution in [3.63, 3.8) is 0 Å². The molecule has 0 spiro atoms. The van der Waals surface area contributed by atoms with Gasteiger partial charge in [-0.25, -0.2) is 0 Å². The van der Waals surface area contributed by atoms with Gasteiger partial charge in [-0.05, 0) is 48.2 Å². The maximum atomic E-state index is 13.0. The molecule has 0 atom stereocenters. The monoisotopic (exact) mass is 449 g/mol. The molecule has 0 unspecified atom stereocenters. The second-order valence-corrected chi connectivity index (χ2v) is 7.72. The highest BCUT2D eigenvalue weighted by Gasteiger charge is 2.19. The van der Waals surface area contributed by atoms with E-state index >= 15 is 0 Å². The van der Waals surface area contributed by atoms with Gasteiger partial charge in [-0.2, -0.15) is 5.11 Å². The Balaban J connectivity index is 1.78. The van der Waals surface area contributed by atoms with Crippen LogP contribution in [0.25, 0.3) is 10.8 Å². The summed E-state index contributed by atoms with van der Waals surface area (Å²) >= 11 is 12.0. The van der Waals surface area contributed by atoms with Gasteiger partial charge >= 0.3 is 0 Å². The number of rotatable bonds is 4. The number of amides is 1. The van der Waals surface area contributed by atoms with Gasteiger partial charge in [0, 0.05) is 11.1 Å². The van der Waals surface area contributed by atoms with Gasteiger partial charge < -0.3 is 10.4 Å². The van der Waals surface area contributed by atoms with Gasteiger partial charge in [-0.1, -0.05) is 65.7 Å². The summed E-state index contributed by atoms with van der Waals surface area (Å²) in [7, 11) is 0. The van der Waals surface area contributed by atoms with E-state index in [1.54, 1.807) is 36.4 Å². The van der Waals surface area contributed by atoms with E-state index in [9.17, 15) is 9.90 Å². The number of fused-ring (bicyclic) bond motifs is 1. The van der Waals surface area contributed by atoms with Crippen molar-refractivity contribution in [1.29, 1.82) is 0 Å². The Kier molecular flexibility index (Phi) is 5.89. The van der Waals surface area contributed by atoms with Crippen molar-refractivity contribution >= 4 is 56.9 Å². The fraction of sp³-hybridized carbons (Fsp3) is 0.0417. The Morgan fingerprint density at radius 2 is 1.65 bits per heavy atom. The van der Waals surface area contributed by atoms with Crippen molar-refractivity contribution in [1.82, 2.24) is 0 Å². The number of carbonyl (C=O) groups excluding carboxylic acids is 1. The number of hydrogen-bond acceptors (Lipinski definition) is 4. The number of aryl methyl sites for hydroxylation is 1. The molecule has 0 saturated heterocycles. The molecule has 0 heterocycles. The SMILES string of the molecule is Cc1ccccc1NC(=O)c1cc2ccccc2c(N=Nc2ccc(Cl)c(Cl)c2)c1O. The molecule has 0 radical (unpaired) electrons. The predicted molar refractivity (Wildman–Crippen MR) is 125 cm³/mol. The maximum absolute atomic E-state index is 13.0. The summed E-state index contributed by atoms with van der Waals surface area (Å²) in [6.07, 6.45) is 0. The van der Waals surface area contributed by atoms with Gasteiger partial charge in [0.15, 0.2) is 5.75 Å². The topological polar surface area (TPSA) is 74.0 Å². The number of phenolic OH excluding ortho intramolecular Hbond substituents is 1. The number of carbonyl (C=O) groups is 1. The number of benzene rings is 4. The Morgan fingerprint density at radius 1 is 0.903 bits per heavy atom. The first-order valence-corrected chi connectivity index (χ1v) is 10.2. The number of anilines is 1. The predicted octanol–water partition coefficient (Wildman–Crippen LogP) is 7.83. The van der Waals surface area contributed by atoms with Gasteiger partial charge in [0.1, 0.15) is 5.69 Å². The van der Waals surface area contributed by atoms with E-state index in [1.807, 2.05) is 43.3 Å². The number of hydrogen-bond donors (Lipinski definition) is 2. The second-order valence-electron chi connectivity index (χ2n) is 6.91. The van der Waals surface area contributed by atoms with Crippen molar-refractivity contribution in [3.8, 4) is 5.75 Å². The van der Waals surface area contributed by atoms with E-state index in [2.05, 4.69) is 15.5 Å². The van der Waals surface area contributed by atoms with Crippen LogP contribution in [0.1, 0.15) is 15.9 Å². The van der Waals surface area contributed by atoms with Gasteiger partial charge in [-0.3, -0.25) is 4.79 Å². The van der Waals surface area contributed by atoms with E-state index in [4.69, 9.17) is 23.2 Å². The molecule has 5 nitrogen and oxygen atoms in total. The smallest absolute Gasteiger partial charge is 0.259 e. The van der Waals surface area contributed by atoms with Gasteiger partial charge in [0.05, 0.1) is 21.3 Å². The van der Waals surface area contributed by atoms with Crippen LogP contribution in [0.15, 0.2) is 83.0 Å². The van der Waals surface area contributed by atoms with Crippen molar-refractivity contribution in [2.45, 2.75) is 6.92 Å². The van der Waals surface area contributed by atoms with Crippen LogP contribution in [0.5, 0.6) is 5.75 Å². The lowest BCUT2D eigenvalue weighted by molar-refractivity contribution is 0.102. The van der Waals surface area contributed by atoms with Crippen LogP contribution in [0.4, 0.5) is 17.1 Å². The molecule has 0 bridgehead atoms. The Bertz CT molecular complexity index is 1340. The highest BCUT2D eigenvalue weighted by Crippen LogP contribution is 2.40. The number of phenols is 1. The van der Waals surface area contributed by atoms with Crippen LogP contribution in [0.3, 0.4) is 0 Å². The summed E-state index contributed by atoms with van der Waals surface area (Å²) in [5.74, 6) is -0.697. The van der Waals surface area contributed by atoms with E-state index in [-0.39, 0.29) is 17.0 Å². The maximum Gasteiger partial charge on any atom is 0.259 e. The largest absolute Gasteiger partial charge is 0.505 e. The van der Waals surface area contributed by atoms with Gasteiger partial charge in [-0.15, -0.1) is 5.11 Å². The molecule has 0 aliphatic carbocycles. The fourth-order valence-electron chi connectivity index (χ4n) is 3.15. The Labute approximate surface area is 189 Å². The molecule has 7 heteroatoms. The number of nitrogens with zero attached hydrogens (tertiary/aromatic N) is 2. The molecular weight excluding hydrogens is 433 g/mol. The van der Waals surface area contributed by atoms with Crippen LogP contribution in [0, 0.1) is 6.92 Å². The van der Waals surface area contributed by atoms with Crippen molar-refractivity contribution in [3.05, 3.63) is 94.0 Å². The number of nitrogens with one attached hydrogen (secondary N) is 1. The minimum atomic E-state index is -0.441. The number of halogens is 2. The average molecular weight is 450 g/mol. The lowest BCUT2D eigenvalue weighted by Crippen LogP contribution is -2.13. The van der Waals surface area contributed by atoms with E-state index in [0.717, 1.165) is 10.9 Å². The Hall–Kier alpha value is -3.41. The van der Waals surface area contributed by atoms with E-state index in [1.165, 1.54) is 0 Å². The zero-order valence-electron chi connectivity index (χ0n) is 16.4. The summed E-state index contributed by atoms with van der Waals surface area (Å²) < 4.78 is 0. The van der Waals surface area contributed by atoms with Crippen LogP contribution in [0.2, 0.25) is 10.0 Å². The third-order valence-electron chi connectivity index (χ3n) is 4.80. The quantitative estimate of drug-likeness (QED) is 0.311. The van der Waals surface area contributed by atoms with Crippen molar-refractivity contribution < 1.29 is 9.90 Å². The molecule has 0 saturated carbocycles. The fourth-order valence-corrected chi connectivity index (χ4v) is 3.44. The molecule has 2 N–H and O–H groups in total. The number of para-hydroxylation sites is 1. The molecule has 0 aliphatic heterocycles. The van der Waals surface area contributed by atoms with Gasteiger partial charge in [0.25, 0.3) is 5.91 Å². The summed E-state index contributed by atoms with van der Waals surface area (Å²) in [6, 6.07) is 21.2. The van der Waals surface area contributed by atoms with E-state index in [0.29, 0.717) is 26.8 Å². The minimum absolute atomic E-state index is 0.102. The van der Waals surface area contributed by atoms with Crippen LogP contribution in [-0.4, -0.2) is 11.0 Å². The van der Waals surface area contributed by atoms with Crippen LogP contribution < -0.4 is 5.32 Å². The molecule has 31 heavy (non-hydrogen) atoms. The zero-order chi connectivity index (χ0) is 22.0. The normalized spacial score (nSPS) is 11.2. The highest BCUT2D eigenvalue weighted by atomic mass is 35.5. The van der Waals surface area contributed by atoms with Crippen LogP contribution >= 0.6 is 23.2 Å². The molecule has 0 aromatic heterocycles. The molecule has 0 aliphatic rings. The minimum Gasteiger partial charge on any atom is -0.505 e. The first-order valence-electron chi connectivity index (χ1n) is 9.42. The van der Waals surface area contributed by atoms with Crippen molar-refractivity contribution in [2.24, 2.45) is 10.2 Å². The number of azo groups is 1. The van der Waals surface area contributed by atoms with Crippen LogP contribution in [-0.2, 0) is 0 Å². The lowest BCUT2D eigenvalue weighted by Gasteiger charge is -2.12. The molecule has 1 amide bonds. The molecule has 4 aromatic rings. The standard InChI is InChI=1S/C24H17Cl2N3O2/c1-14-6-2-5-9-21(14)27-24(31)18-12-15-7-3-4-8-17(15)22(23(18)30)29-28-16-10-11-19(25)20(26)13-16/h2-13,30H,1H3,(H,27,31). The molecule has 154 valence electrons. The highest BCUT2D eigenvalue weighted by molar-refractivity contribution is 6.42.